The van der Waals surface area contributed by atoms with Gasteiger partial charge in [-0.2, -0.15) is 9.61 Å². The average Bonchev–Trinajstić information content (AvgIpc) is 2.82. The second-order valence-corrected chi connectivity index (χ2v) is 4.70. The molecule has 2 aromatic heterocycles. The monoisotopic (exact) mass is 262 g/mol. The summed E-state index contributed by atoms with van der Waals surface area (Å²) in [7, 11) is 0. The standard InChI is InChI=1S/C13H18N4O2/c1-4-16(7-10(3)13(18)19)12-6-9(2)5-11-14-8-15-17(11)12/h5-6,8,10H,4,7H2,1-3H3,(H,18,19). The number of aliphatic carboxylic acids is 1. The van der Waals surface area contributed by atoms with Crippen LogP contribution in [0.2, 0.25) is 0 Å². The van der Waals surface area contributed by atoms with E-state index in [1.54, 1.807) is 11.4 Å². The van der Waals surface area contributed by atoms with E-state index in [-0.39, 0.29) is 0 Å². The van der Waals surface area contributed by atoms with Crippen molar-refractivity contribution in [1.29, 1.82) is 0 Å². The Morgan fingerprint density at radius 3 is 2.89 bits per heavy atom. The molecule has 0 amide bonds. The van der Waals surface area contributed by atoms with E-state index in [9.17, 15) is 4.79 Å². The van der Waals surface area contributed by atoms with Crippen molar-refractivity contribution in [3.8, 4) is 0 Å². The van der Waals surface area contributed by atoms with Crippen molar-refractivity contribution in [2.45, 2.75) is 20.8 Å². The second-order valence-electron chi connectivity index (χ2n) is 4.70. The third kappa shape index (κ3) is 2.67. The van der Waals surface area contributed by atoms with Crippen LogP contribution in [-0.4, -0.2) is 38.8 Å². The van der Waals surface area contributed by atoms with Crippen LogP contribution in [-0.2, 0) is 4.79 Å². The van der Waals surface area contributed by atoms with Crippen LogP contribution < -0.4 is 4.90 Å². The highest BCUT2D eigenvalue weighted by Gasteiger charge is 2.18. The van der Waals surface area contributed by atoms with Gasteiger partial charge in [0.25, 0.3) is 0 Å². The van der Waals surface area contributed by atoms with Crippen LogP contribution >= 0.6 is 0 Å². The van der Waals surface area contributed by atoms with Gasteiger partial charge in [-0.3, -0.25) is 4.79 Å². The second kappa shape index (κ2) is 5.26. The highest BCUT2D eigenvalue weighted by Crippen LogP contribution is 2.19. The van der Waals surface area contributed by atoms with Gasteiger partial charge in [0.2, 0.25) is 0 Å². The summed E-state index contributed by atoms with van der Waals surface area (Å²) in [4.78, 5) is 17.2. The molecule has 6 heteroatoms. The van der Waals surface area contributed by atoms with E-state index in [1.807, 2.05) is 30.9 Å². The summed E-state index contributed by atoms with van der Waals surface area (Å²) in [6.45, 7) is 6.87. The van der Waals surface area contributed by atoms with Gasteiger partial charge in [0, 0.05) is 13.1 Å². The van der Waals surface area contributed by atoms with Crippen LogP contribution in [0.15, 0.2) is 18.5 Å². The Morgan fingerprint density at radius 2 is 2.26 bits per heavy atom. The molecule has 2 heterocycles. The van der Waals surface area contributed by atoms with Crippen LogP contribution in [0.3, 0.4) is 0 Å². The van der Waals surface area contributed by atoms with Crippen molar-refractivity contribution >= 4 is 17.4 Å². The first-order valence-corrected chi connectivity index (χ1v) is 6.31. The minimum atomic E-state index is -0.791. The van der Waals surface area contributed by atoms with Crippen molar-refractivity contribution in [2.75, 3.05) is 18.0 Å². The first-order chi connectivity index (χ1) is 9.02. The number of anilines is 1. The highest BCUT2D eigenvalue weighted by atomic mass is 16.4. The van der Waals surface area contributed by atoms with Crippen molar-refractivity contribution in [1.82, 2.24) is 14.6 Å². The number of pyridine rings is 1. The molecule has 0 bridgehead atoms. The normalized spacial score (nSPS) is 12.6. The number of nitrogens with zero attached hydrogens (tertiary/aromatic N) is 4. The Hall–Kier alpha value is -2.11. The number of aromatic nitrogens is 3. The Bertz CT molecular complexity index is 593. The molecule has 0 saturated heterocycles. The molecule has 19 heavy (non-hydrogen) atoms. The van der Waals surface area contributed by atoms with E-state index in [0.29, 0.717) is 6.54 Å². The fraction of sp³-hybridized carbons (Fsp3) is 0.462. The molecule has 1 unspecified atom stereocenters. The number of carbonyl (C=O) groups is 1. The molecular weight excluding hydrogens is 244 g/mol. The maximum absolute atomic E-state index is 11.0. The highest BCUT2D eigenvalue weighted by molar-refractivity contribution is 5.70. The molecule has 1 atom stereocenters. The van der Waals surface area contributed by atoms with Gasteiger partial charge in [-0.25, -0.2) is 4.98 Å². The summed E-state index contributed by atoms with van der Waals surface area (Å²) in [6, 6.07) is 3.95. The topological polar surface area (TPSA) is 70.7 Å². The van der Waals surface area contributed by atoms with Crippen LogP contribution in [0.25, 0.3) is 5.65 Å². The summed E-state index contributed by atoms with van der Waals surface area (Å²) in [6.07, 6.45) is 1.51. The van der Waals surface area contributed by atoms with Crippen molar-refractivity contribution in [3.05, 3.63) is 24.0 Å². The SMILES string of the molecule is CCN(CC(C)C(=O)O)c1cc(C)cc2ncnn12. The number of carboxylic acid groups (broad SMARTS) is 1. The van der Waals surface area contributed by atoms with Gasteiger partial charge in [-0.15, -0.1) is 0 Å². The van der Waals surface area contributed by atoms with E-state index in [1.165, 1.54) is 6.33 Å². The molecule has 2 aromatic rings. The number of carboxylic acids is 1. The summed E-state index contributed by atoms with van der Waals surface area (Å²) >= 11 is 0. The van der Waals surface area contributed by atoms with Crippen molar-refractivity contribution in [3.63, 3.8) is 0 Å². The molecule has 0 aromatic carbocycles. The van der Waals surface area contributed by atoms with Crippen LogP contribution in [0.5, 0.6) is 0 Å². The van der Waals surface area contributed by atoms with Gasteiger partial charge in [0.1, 0.15) is 12.1 Å². The molecule has 0 spiro atoms. The molecule has 0 saturated carbocycles. The van der Waals surface area contributed by atoms with Gasteiger partial charge >= 0.3 is 5.97 Å². The summed E-state index contributed by atoms with van der Waals surface area (Å²) in [5.41, 5.74) is 1.85. The Kier molecular flexibility index (Phi) is 3.69. The first kappa shape index (κ1) is 13.3. The molecule has 1 N–H and O–H groups in total. The van der Waals surface area contributed by atoms with E-state index in [4.69, 9.17) is 5.11 Å². The Labute approximate surface area is 111 Å². The number of hydrogen-bond acceptors (Lipinski definition) is 4. The lowest BCUT2D eigenvalue weighted by Crippen LogP contribution is -2.33. The molecule has 0 aliphatic carbocycles. The number of hydrogen-bond donors (Lipinski definition) is 1. The summed E-state index contributed by atoms with van der Waals surface area (Å²) < 4.78 is 1.74. The quantitative estimate of drug-likeness (QED) is 0.886. The Morgan fingerprint density at radius 1 is 1.53 bits per heavy atom. The van der Waals surface area contributed by atoms with Gasteiger partial charge < -0.3 is 10.0 Å². The first-order valence-electron chi connectivity index (χ1n) is 6.31. The van der Waals surface area contributed by atoms with Crippen LogP contribution in [0, 0.1) is 12.8 Å². The molecule has 102 valence electrons. The minimum Gasteiger partial charge on any atom is -0.481 e. The predicted molar refractivity (Wildman–Crippen MR) is 72.4 cm³/mol. The fourth-order valence-electron chi connectivity index (χ4n) is 2.05. The van der Waals surface area contributed by atoms with E-state index >= 15 is 0 Å². The zero-order valence-electron chi connectivity index (χ0n) is 11.4. The van der Waals surface area contributed by atoms with E-state index in [0.717, 1.165) is 23.6 Å². The maximum Gasteiger partial charge on any atom is 0.308 e. The smallest absolute Gasteiger partial charge is 0.308 e. The summed E-state index contributed by atoms with van der Waals surface area (Å²) in [5.74, 6) is -0.344. The van der Waals surface area contributed by atoms with Crippen LogP contribution in [0.1, 0.15) is 19.4 Å². The average molecular weight is 262 g/mol. The lowest BCUT2D eigenvalue weighted by molar-refractivity contribution is -0.140. The zero-order valence-corrected chi connectivity index (χ0v) is 11.4. The summed E-state index contributed by atoms with van der Waals surface area (Å²) in [5, 5.41) is 13.2. The zero-order chi connectivity index (χ0) is 14.0. The molecule has 0 aliphatic heterocycles. The fourth-order valence-corrected chi connectivity index (χ4v) is 2.05. The minimum absolute atomic E-state index is 0.431. The molecule has 6 nitrogen and oxygen atoms in total. The van der Waals surface area contributed by atoms with Gasteiger partial charge in [-0.1, -0.05) is 6.92 Å². The third-order valence-electron chi connectivity index (χ3n) is 3.13. The number of fused-ring (bicyclic) bond motifs is 1. The van der Waals surface area contributed by atoms with E-state index in [2.05, 4.69) is 10.1 Å². The maximum atomic E-state index is 11.0. The number of rotatable bonds is 5. The molecular formula is C13H18N4O2. The predicted octanol–water partition coefficient (Wildman–Crippen LogP) is 1.58. The number of aryl methyl sites for hydroxylation is 1. The lowest BCUT2D eigenvalue weighted by atomic mass is 10.1. The molecule has 2 rings (SSSR count). The molecule has 0 aliphatic rings. The van der Waals surface area contributed by atoms with Crippen molar-refractivity contribution < 1.29 is 9.90 Å². The van der Waals surface area contributed by atoms with Gasteiger partial charge in [0.05, 0.1) is 5.92 Å². The largest absolute Gasteiger partial charge is 0.481 e. The third-order valence-corrected chi connectivity index (χ3v) is 3.13. The molecule has 0 radical (unpaired) electrons. The van der Waals surface area contributed by atoms with Gasteiger partial charge in [-0.05, 0) is 31.5 Å². The lowest BCUT2D eigenvalue weighted by Gasteiger charge is -2.25. The Balaban J connectivity index is 2.39. The van der Waals surface area contributed by atoms with Crippen molar-refractivity contribution in [2.24, 2.45) is 5.92 Å². The van der Waals surface area contributed by atoms with E-state index < -0.39 is 11.9 Å². The van der Waals surface area contributed by atoms with Gasteiger partial charge in [0.15, 0.2) is 5.65 Å². The van der Waals surface area contributed by atoms with Crippen LogP contribution in [0.4, 0.5) is 5.82 Å². The molecule has 0 fully saturated rings.